The van der Waals surface area contributed by atoms with Crippen molar-refractivity contribution in [2.24, 2.45) is 5.92 Å². The van der Waals surface area contributed by atoms with E-state index < -0.39 is 6.10 Å². The van der Waals surface area contributed by atoms with Crippen molar-refractivity contribution in [1.82, 2.24) is 0 Å². The SMILES string of the molecule is O=C1CCCCC1C(O)Cc1cccc2ccccc12. The molecule has 1 aliphatic carbocycles. The van der Waals surface area contributed by atoms with Crippen molar-refractivity contribution in [3.63, 3.8) is 0 Å². The van der Waals surface area contributed by atoms with Gasteiger partial charge in [0.2, 0.25) is 0 Å². The molecule has 104 valence electrons. The highest BCUT2D eigenvalue weighted by molar-refractivity contribution is 5.86. The number of fused-ring (bicyclic) bond motifs is 1. The Hall–Kier alpha value is -1.67. The highest BCUT2D eigenvalue weighted by Crippen LogP contribution is 2.27. The maximum atomic E-state index is 11.9. The van der Waals surface area contributed by atoms with E-state index >= 15 is 0 Å². The zero-order valence-electron chi connectivity index (χ0n) is 11.6. The fourth-order valence-electron chi connectivity index (χ4n) is 3.25. The number of benzene rings is 2. The Bertz CT molecular complexity index is 612. The number of hydrogen-bond donors (Lipinski definition) is 1. The standard InChI is InChI=1S/C18H20O2/c19-17-11-4-3-10-16(17)18(20)12-14-8-5-7-13-6-1-2-9-15(13)14/h1-2,5-9,16,18,20H,3-4,10-12H2. The number of carbonyl (C=O) groups excluding carboxylic acids is 1. The summed E-state index contributed by atoms with van der Waals surface area (Å²) >= 11 is 0. The van der Waals surface area contributed by atoms with Crippen LogP contribution in [0.15, 0.2) is 42.5 Å². The number of hydrogen-bond acceptors (Lipinski definition) is 2. The van der Waals surface area contributed by atoms with Gasteiger partial charge in [0.05, 0.1) is 6.10 Å². The van der Waals surface area contributed by atoms with Crippen LogP contribution in [-0.4, -0.2) is 17.0 Å². The van der Waals surface area contributed by atoms with Crippen LogP contribution in [0.2, 0.25) is 0 Å². The van der Waals surface area contributed by atoms with Crippen molar-refractivity contribution in [1.29, 1.82) is 0 Å². The average Bonchev–Trinajstić information content (AvgIpc) is 2.48. The van der Waals surface area contributed by atoms with Crippen molar-refractivity contribution < 1.29 is 9.90 Å². The van der Waals surface area contributed by atoms with E-state index in [-0.39, 0.29) is 11.7 Å². The Morgan fingerprint density at radius 1 is 1.10 bits per heavy atom. The van der Waals surface area contributed by atoms with Crippen LogP contribution >= 0.6 is 0 Å². The second-order valence-electron chi connectivity index (χ2n) is 5.73. The molecule has 1 N–H and O–H groups in total. The molecule has 0 bridgehead atoms. The molecular formula is C18H20O2. The zero-order chi connectivity index (χ0) is 13.9. The van der Waals surface area contributed by atoms with E-state index in [2.05, 4.69) is 24.3 Å². The molecule has 0 aliphatic heterocycles. The minimum absolute atomic E-state index is 0.164. The maximum Gasteiger partial charge on any atom is 0.138 e. The summed E-state index contributed by atoms with van der Waals surface area (Å²) in [7, 11) is 0. The average molecular weight is 268 g/mol. The first-order chi connectivity index (χ1) is 9.75. The van der Waals surface area contributed by atoms with E-state index in [0.29, 0.717) is 12.8 Å². The molecule has 2 nitrogen and oxygen atoms in total. The van der Waals surface area contributed by atoms with Crippen LogP contribution in [0.5, 0.6) is 0 Å². The number of carbonyl (C=O) groups is 1. The van der Waals surface area contributed by atoms with Crippen LogP contribution in [0.4, 0.5) is 0 Å². The molecular weight excluding hydrogens is 248 g/mol. The highest BCUT2D eigenvalue weighted by atomic mass is 16.3. The van der Waals surface area contributed by atoms with Gasteiger partial charge in [-0.3, -0.25) is 4.79 Å². The topological polar surface area (TPSA) is 37.3 Å². The van der Waals surface area contributed by atoms with Gasteiger partial charge in [0.1, 0.15) is 5.78 Å². The zero-order valence-corrected chi connectivity index (χ0v) is 11.6. The summed E-state index contributed by atoms with van der Waals surface area (Å²) in [6.07, 6.45) is 3.53. The Kier molecular flexibility index (Phi) is 3.83. The van der Waals surface area contributed by atoms with Gasteiger partial charge >= 0.3 is 0 Å². The van der Waals surface area contributed by atoms with Gasteiger partial charge in [0.15, 0.2) is 0 Å². The van der Waals surface area contributed by atoms with Crippen LogP contribution in [0.1, 0.15) is 31.2 Å². The fraction of sp³-hybridized carbons (Fsp3) is 0.389. The predicted molar refractivity (Wildman–Crippen MR) is 80.6 cm³/mol. The van der Waals surface area contributed by atoms with Gasteiger partial charge in [-0.25, -0.2) is 0 Å². The van der Waals surface area contributed by atoms with Crippen LogP contribution in [0.25, 0.3) is 10.8 Å². The Labute approximate surface area is 119 Å². The molecule has 2 aromatic rings. The van der Waals surface area contributed by atoms with Gasteiger partial charge < -0.3 is 5.11 Å². The third-order valence-electron chi connectivity index (χ3n) is 4.38. The molecule has 2 atom stereocenters. The molecule has 0 aromatic heterocycles. The molecule has 2 aromatic carbocycles. The molecule has 0 heterocycles. The van der Waals surface area contributed by atoms with Gasteiger partial charge in [0.25, 0.3) is 0 Å². The normalized spacial score (nSPS) is 21.1. The van der Waals surface area contributed by atoms with E-state index in [1.807, 2.05) is 18.2 Å². The smallest absolute Gasteiger partial charge is 0.138 e. The van der Waals surface area contributed by atoms with E-state index in [9.17, 15) is 9.90 Å². The molecule has 1 aliphatic rings. The number of rotatable bonds is 3. The first kappa shape index (κ1) is 13.3. The lowest BCUT2D eigenvalue weighted by atomic mass is 9.81. The monoisotopic (exact) mass is 268 g/mol. The van der Waals surface area contributed by atoms with Gasteiger partial charge in [-0.2, -0.15) is 0 Å². The number of aliphatic hydroxyl groups excluding tert-OH is 1. The Morgan fingerprint density at radius 3 is 2.75 bits per heavy atom. The molecule has 1 fully saturated rings. The van der Waals surface area contributed by atoms with Crippen molar-refractivity contribution in [3.05, 3.63) is 48.0 Å². The van der Waals surface area contributed by atoms with Crippen molar-refractivity contribution in [3.8, 4) is 0 Å². The summed E-state index contributed by atoms with van der Waals surface area (Å²) in [6, 6.07) is 14.4. The summed E-state index contributed by atoms with van der Waals surface area (Å²) in [6.45, 7) is 0. The molecule has 0 radical (unpaired) electrons. The Balaban J connectivity index is 1.83. The largest absolute Gasteiger partial charge is 0.392 e. The Morgan fingerprint density at radius 2 is 1.90 bits per heavy atom. The number of Topliss-reactive ketones (excluding diaryl/α,β-unsaturated/α-hetero) is 1. The summed E-state index contributed by atoms with van der Waals surface area (Å²) in [5.41, 5.74) is 1.13. The third-order valence-corrected chi connectivity index (χ3v) is 4.38. The number of ketones is 1. The van der Waals surface area contributed by atoms with E-state index in [1.165, 1.54) is 10.8 Å². The van der Waals surface area contributed by atoms with Gasteiger partial charge in [0, 0.05) is 12.3 Å². The second-order valence-corrected chi connectivity index (χ2v) is 5.73. The molecule has 3 rings (SSSR count). The lowest BCUT2D eigenvalue weighted by molar-refractivity contribution is -0.128. The molecule has 20 heavy (non-hydrogen) atoms. The molecule has 0 saturated heterocycles. The summed E-state index contributed by atoms with van der Waals surface area (Å²) < 4.78 is 0. The minimum Gasteiger partial charge on any atom is -0.392 e. The van der Waals surface area contributed by atoms with Crippen molar-refractivity contribution in [2.45, 2.75) is 38.2 Å². The summed E-state index contributed by atoms with van der Waals surface area (Å²) in [5.74, 6) is 0.0757. The maximum absolute atomic E-state index is 11.9. The van der Waals surface area contributed by atoms with Gasteiger partial charge in [-0.1, -0.05) is 48.9 Å². The van der Waals surface area contributed by atoms with E-state index in [4.69, 9.17) is 0 Å². The second kappa shape index (κ2) is 5.76. The molecule has 0 amide bonds. The van der Waals surface area contributed by atoms with E-state index in [1.54, 1.807) is 0 Å². The first-order valence-corrected chi connectivity index (χ1v) is 7.43. The first-order valence-electron chi connectivity index (χ1n) is 7.43. The summed E-state index contributed by atoms with van der Waals surface area (Å²) in [4.78, 5) is 11.9. The minimum atomic E-state index is -0.548. The van der Waals surface area contributed by atoms with Crippen molar-refractivity contribution >= 4 is 16.6 Å². The lowest BCUT2D eigenvalue weighted by Crippen LogP contribution is -2.32. The van der Waals surface area contributed by atoms with Crippen LogP contribution in [0.3, 0.4) is 0 Å². The molecule has 0 spiro atoms. The van der Waals surface area contributed by atoms with Gasteiger partial charge in [-0.05, 0) is 35.6 Å². The van der Waals surface area contributed by atoms with Crippen molar-refractivity contribution in [2.75, 3.05) is 0 Å². The molecule has 2 unspecified atom stereocenters. The summed E-state index contributed by atoms with van der Waals surface area (Å²) in [5, 5.41) is 12.8. The predicted octanol–water partition coefficient (Wildman–Crippen LogP) is 3.50. The van der Waals surface area contributed by atoms with Gasteiger partial charge in [-0.15, -0.1) is 0 Å². The van der Waals surface area contributed by atoms with Crippen LogP contribution in [0, 0.1) is 5.92 Å². The third kappa shape index (κ3) is 2.61. The number of aliphatic hydroxyl groups is 1. The highest BCUT2D eigenvalue weighted by Gasteiger charge is 2.29. The lowest BCUT2D eigenvalue weighted by Gasteiger charge is -2.25. The van der Waals surface area contributed by atoms with Crippen LogP contribution < -0.4 is 0 Å². The van der Waals surface area contributed by atoms with Crippen LogP contribution in [-0.2, 0) is 11.2 Å². The molecule has 2 heteroatoms. The van der Waals surface area contributed by atoms with E-state index in [0.717, 1.165) is 24.8 Å². The fourth-order valence-corrected chi connectivity index (χ4v) is 3.25. The quantitative estimate of drug-likeness (QED) is 0.925. The molecule has 1 saturated carbocycles.